The molecule has 0 aliphatic carbocycles. The fourth-order valence-electron chi connectivity index (χ4n) is 3.97. The largest absolute Gasteiger partial charge is 0.477 e. The van der Waals surface area contributed by atoms with Gasteiger partial charge in [0.2, 0.25) is 11.5 Å². The maximum Gasteiger partial charge on any atom is 0.352 e. The van der Waals surface area contributed by atoms with Gasteiger partial charge in [0.15, 0.2) is 16.5 Å². The molecule has 2 amide bonds. The number of carboxylic acid groups (broad SMARTS) is 1. The van der Waals surface area contributed by atoms with Crippen LogP contribution in [0.4, 0.5) is 5.13 Å². The van der Waals surface area contributed by atoms with Crippen LogP contribution >= 0.6 is 35.1 Å². The van der Waals surface area contributed by atoms with Crippen molar-refractivity contribution >= 4 is 69.3 Å². The first-order valence-corrected chi connectivity index (χ1v) is 14.5. The molecule has 0 saturated carbocycles. The van der Waals surface area contributed by atoms with Crippen molar-refractivity contribution in [1.29, 1.82) is 0 Å². The van der Waals surface area contributed by atoms with Crippen molar-refractivity contribution in [2.24, 2.45) is 5.16 Å². The van der Waals surface area contributed by atoms with E-state index < -0.39 is 29.2 Å². The number of tetrazole rings is 1. The summed E-state index contributed by atoms with van der Waals surface area (Å²) in [4.78, 5) is 49.2. The van der Waals surface area contributed by atoms with E-state index >= 15 is 0 Å². The Labute approximate surface area is 242 Å². The van der Waals surface area contributed by atoms with Crippen LogP contribution < -0.4 is 15.9 Å². The van der Waals surface area contributed by atoms with E-state index in [1.807, 2.05) is 0 Å². The maximum atomic E-state index is 13.2. The molecule has 6 rings (SSSR count). The maximum absolute atomic E-state index is 13.2. The summed E-state index contributed by atoms with van der Waals surface area (Å²) in [5, 5.41) is 31.9. The fraction of sp³-hybridized carbons (Fsp3) is 0.182. The Kier molecular flexibility index (Phi) is 7.20. The standard InChI is InChI=1S/C22H17N11O5S3/c23-22-25-17(29-41-22)14(28-38-11-4-2-1-3-5-11)18(34)24-15-19(35)32-16(21(36)37)10(9-40-20(15)32)8-39-13-7-6-12-26-30-31-33(12)27-13/h1-7,15,20H,8-9H2,(H,24,34)(H,36,37)(H2,23,25,29)/b28-14-/t15?,20-/m1/s1. The highest BCUT2D eigenvalue weighted by Gasteiger charge is 2.54. The second-order valence-electron chi connectivity index (χ2n) is 8.41. The number of hydrogen-bond donors (Lipinski definition) is 3. The molecule has 1 fully saturated rings. The number of thioether (sulfide) groups is 2. The molecule has 1 saturated heterocycles. The van der Waals surface area contributed by atoms with Crippen molar-refractivity contribution in [3.05, 3.63) is 59.6 Å². The summed E-state index contributed by atoms with van der Waals surface area (Å²) < 4.78 is 5.30. The predicted octanol–water partition coefficient (Wildman–Crippen LogP) is 0.267. The van der Waals surface area contributed by atoms with E-state index in [0.29, 0.717) is 27.7 Å². The molecule has 208 valence electrons. The van der Waals surface area contributed by atoms with Gasteiger partial charge in [0.05, 0.1) is 0 Å². The predicted molar refractivity (Wildman–Crippen MR) is 147 cm³/mol. The van der Waals surface area contributed by atoms with Crippen LogP contribution in [0.15, 0.2) is 63.9 Å². The number of aliphatic carboxylic acids is 1. The SMILES string of the molecule is Nc1nc(/C(=N/Oc2ccccc2)C(=O)NC2C(=O)N3C(C(=O)O)=C(CSc4ccc5nnnn5n4)CS[C@H]23)ns1. The van der Waals surface area contributed by atoms with Gasteiger partial charge in [0.25, 0.3) is 11.8 Å². The number of β-lactam (4-membered cyclic amide) rings is 1. The van der Waals surface area contributed by atoms with Crippen LogP contribution in [-0.4, -0.2) is 91.0 Å². The minimum atomic E-state index is -1.24. The fourth-order valence-corrected chi connectivity index (χ4v) is 6.74. The van der Waals surface area contributed by atoms with Gasteiger partial charge in [-0.2, -0.15) is 9.36 Å². The first kappa shape index (κ1) is 26.6. The van der Waals surface area contributed by atoms with Crippen LogP contribution in [0, 0.1) is 0 Å². The summed E-state index contributed by atoms with van der Waals surface area (Å²) in [6.07, 6.45) is 0. The molecule has 3 aromatic heterocycles. The van der Waals surface area contributed by atoms with Crippen LogP contribution in [0.5, 0.6) is 5.75 Å². The van der Waals surface area contributed by atoms with E-state index in [0.717, 1.165) is 11.5 Å². The highest BCUT2D eigenvalue weighted by molar-refractivity contribution is 8.01. The number of benzene rings is 1. The van der Waals surface area contributed by atoms with Crippen molar-refractivity contribution in [2.75, 3.05) is 17.2 Å². The zero-order chi connectivity index (χ0) is 28.5. The number of aromatic nitrogens is 7. The lowest BCUT2D eigenvalue weighted by Crippen LogP contribution is -2.71. The van der Waals surface area contributed by atoms with Gasteiger partial charge < -0.3 is 21.0 Å². The summed E-state index contributed by atoms with van der Waals surface area (Å²) >= 11 is 3.49. The first-order valence-electron chi connectivity index (χ1n) is 11.7. The Morgan fingerprint density at radius 3 is 2.83 bits per heavy atom. The van der Waals surface area contributed by atoms with Crippen molar-refractivity contribution in [3.8, 4) is 5.75 Å². The molecule has 4 N–H and O–H groups in total. The highest BCUT2D eigenvalue weighted by Crippen LogP contribution is 2.41. The van der Waals surface area contributed by atoms with Gasteiger partial charge in [-0.25, -0.2) is 4.79 Å². The van der Waals surface area contributed by atoms with Gasteiger partial charge in [-0.15, -0.1) is 38.4 Å². The zero-order valence-electron chi connectivity index (χ0n) is 20.5. The highest BCUT2D eigenvalue weighted by atomic mass is 32.2. The monoisotopic (exact) mass is 611 g/mol. The van der Waals surface area contributed by atoms with E-state index in [-0.39, 0.29) is 28.1 Å². The van der Waals surface area contributed by atoms with E-state index in [4.69, 9.17) is 10.6 Å². The molecule has 1 aromatic carbocycles. The molecular weight excluding hydrogens is 595 g/mol. The lowest BCUT2D eigenvalue weighted by Gasteiger charge is -2.49. The Morgan fingerprint density at radius 1 is 1.24 bits per heavy atom. The van der Waals surface area contributed by atoms with Gasteiger partial charge in [0.1, 0.15) is 22.1 Å². The summed E-state index contributed by atoms with van der Waals surface area (Å²) in [7, 11) is 0. The molecule has 16 nitrogen and oxygen atoms in total. The van der Waals surface area contributed by atoms with E-state index in [2.05, 4.69) is 40.5 Å². The van der Waals surface area contributed by atoms with Crippen LogP contribution in [0.2, 0.25) is 0 Å². The summed E-state index contributed by atoms with van der Waals surface area (Å²) in [6, 6.07) is 11.0. The molecule has 2 aliphatic heterocycles. The molecule has 0 radical (unpaired) electrons. The molecular formula is C22H17N11O5S3. The molecule has 19 heteroatoms. The minimum Gasteiger partial charge on any atom is -0.477 e. The van der Waals surface area contributed by atoms with E-state index in [1.54, 1.807) is 42.5 Å². The molecule has 5 heterocycles. The Hall–Kier alpha value is -4.62. The Morgan fingerprint density at radius 2 is 2.07 bits per heavy atom. The smallest absolute Gasteiger partial charge is 0.352 e. The third kappa shape index (κ3) is 5.28. The van der Waals surface area contributed by atoms with Gasteiger partial charge in [0, 0.05) is 23.0 Å². The molecule has 0 bridgehead atoms. The van der Waals surface area contributed by atoms with Gasteiger partial charge >= 0.3 is 5.97 Å². The van der Waals surface area contributed by atoms with Gasteiger partial charge in [-0.3, -0.25) is 14.5 Å². The first-order chi connectivity index (χ1) is 19.9. The Bertz CT molecular complexity index is 1720. The van der Waals surface area contributed by atoms with Crippen LogP contribution in [0.3, 0.4) is 0 Å². The number of hydrogen-bond acceptors (Lipinski definition) is 15. The van der Waals surface area contributed by atoms with E-state index in [1.165, 1.54) is 33.1 Å². The normalized spacial score (nSPS) is 18.7. The van der Waals surface area contributed by atoms with E-state index in [9.17, 15) is 19.5 Å². The van der Waals surface area contributed by atoms with Crippen LogP contribution in [0.1, 0.15) is 5.82 Å². The number of para-hydroxylation sites is 1. The van der Waals surface area contributed by atoms with Crippen LogP contribution in [-0.2, 0) is 14.4 Å². The number of oxime groups is 1. The third-order valence-electron chi connectivity index (χ3n) is 5.83. The minimum absolute atomic E-state index is 0.0697. The molecule has 41 heavy (non-hydrogen) atoms. The summed E-state index contributed by atoms with van der Waals surface area (Å²) in [5.74, 6) is -1.70. The molecule has 2 aliphatic rings. The number of amides is 2. The third-order valence-corrected chi connectivity index (χ3v) is 8.72. The molecule has 1 unspecified atom stereocenters. The zero-order valence-corrected chi connectivity index (χ0v) is 23.0. The molecule has 4 aromatic rings. The number of rotatable bonds is 9. The van der Waals surface area contributed by atoms with Crippen molar-refractivity contribution in [3.63, 3.8) is 0 Å². The molecule has 2 atom stereocenters. The average Bonchev–Trinajstić information content (AvgIpc) is 3.63. The van der Waals surface area contributed by atoms with Crippen molar-refractivity contribution in [1.82, 2.24) is 44.8 Å². The number of carbonyl (C=O) groups excluding carboxylic acids is 2. The number of nitrogens with two attached hydrogens (primary N) is 1. The van der Waals surface area contributed by atoms with Gasteiger partial charge in [-0.05, 0) is 40.3 Å². The van der Waals surface area contributed by atoms with Crippen molar-refractivity contribution < 1.29 is 24.3 Å². The van der Waals surface area contributed by atoms with Crippen molar-refractivity contribution in [2.45, 2.75) is 16.4 Å². The topological polar surface area (TPSA) is 216 Å². The quantitative estimate of drug-likeness (QED) is 0.100. The number of fused-ring (bicyclic) bond motifs is 2. The lowest BCUT2D eigenvalue weighted by molar-refractivity contribution is -0.150. The number of anilines is 1. The number of nitrogen functional groups attached to an aromatic ring is 1. The summed E-state index contributed by atoms with van der Waals surface area (Å²) in [5.41, 5.74) is 6.31. The summed E-state index contributed by atoms with van der Waals surface area (Å²) in [6.45, 7) is 0. The Balaban J connectivity index is 1.18. The lowest BCUT2D eigenvalue weighted by atomic mass is 10.0. The number of nitrogens with zero attached hydrogens (tertiary/aromatic N) is 9. The second-order valence-corrected chi connectivity index (χ2v) is 11.3. The number of nitrogens with one attached hydrogen (secondary N) is 1. The average molecular weight is 612 g/mol. The number of carbonyl (C=O) groups is 3. The van der Waals surface area contributed by atoms with Crippen LogP contribution in [0.25, 0.3) is 5.65 Å². The second kappa shape index (κ2) is 11.1. The van der Waals surface area contributed by atoms with Gasteiger partial charge in [-0.1, -0.05) is 23.4 Å². The molecule has 0 spiro atoms. The number of carboxylic acids is 1.